The normalized spacial score (nSPS) is 16.0. The van der Waals surface area contributed by atoms with Gasteiger partial charge in [0.25, 0.3) is 5.91 Å². The van der Waals surface area contributed by atoms with Crippen LogP contribution in [-0.2, 0) is 19.6 Å². The highest BCUT2D eigenvalue weighted by Gasteiger charge is 2.27. The minimum Gasteiger partial charge on any atom is -0.448 e. The number of benzene rings is 1. The number of piperidine rings is 1. The zero-order valence-corrected chi connectivity index (χ0v) is 19.9. The van der Waals surface area contributed by atoms with E-state index in [0.717, 1.165) is 24.3 Å². The lowest BCUT2D eigenvalue weighted by Crippen LogP contribution is -2.35. The second-order valence-corrected chi connectivity index (χ2v) is 10.8. The lowest BCUT2D eigenvalue weighted by atomic mass is 10.2. The molecule has 1 unspecified atom stereocenters. The highest BCUT2D eigenvalue weighted by Crippen LogP contribution is 2.28. The smallest absolute Gasteiger partial charge is 0.351 e. The van der Waals surface area contributed by atoms with E-state index in [-0.39, 0.29) is 15.6 Å². The summed E-state index contributed by atoms with van der Waals surface area (Å²) in [6.45, 7) is 5.83. The molecule has 0 radical (unpaired) electrons. The highest BCUT2D eigenvalue weighted by molar-refractivity contribution is 7.89. The summed E-state index contributed by atoms with van der Waals surface area (Å²) >= 11 is 7.36. The summed E-state index contributed by atoms with van der Waals surface area (Å²) in [6.07, 6.45) is 1.52. The summed E-state index contributed by atoms with van der Waals surface area (Å²) in [5, 5.41) is 3.46. The first-order valence-electron chi connectivity index (χ1n) is 9.85. The average molecular weight is 486 g/mol. The fourth-order valence-corrected chi connectivity index (χ4v) is 5.75. The number of carbonyl (C=O) groups excluding carboxylic acids is 2. The molecule has 1 N–H and O–H groups in total. The molecule has 0 saturated carbocycles. The maximum Gasteiger partial charge on any atom is 0.351 e. The van der Waals surface area contributed by atoms with Gasteiger partial charge in [-0.3, -0.25) is 4.79 Å². The molecule has 1 aliphatic rings. The van der Waals surface area contributed by atoms with E-state index in [1.807, 2.05) is 0 Å². The molecule has 2 aromatic rings. The number of halogens is 1. The van der Waals surface area contributed by atoms with Crippen molar-refractivity contribution in [2.75, 3.05) is 18.4 Å². The number of ether oxygens (including phenoxy) is 1. The number of thiazole rings is 1. The number of rotatable bonds is 6. The van der Waals surface area contributed by atoms with Gasteiger partial charge in [0.1, 0.15) is 4.88 Å². The van der Waals surface area contributed by atoms with Crippen LogP contribution in [-0.4, -0.2) is 48.8 Å². The Hall–Kier alpha value is -2.01. The minimum atomic E-state index is -3.68. The number of nitrogens with zero attached hydrogens (tertiary/aromatic N) is 2. The third-order valence-electron chi connectivity index (χ3n) is 4.89. The Morgan fingerprint density at radius 2 is 1.90 bits per heavy atom. The Morgan fingerprint density at radius 1 is 1.23 bits per heavy atom. The van der Waals surface area contributed by atoms with Crippen LogP contribution in [0.3, 0.4) is 0 Å². The van der Waals surface area contributed by atoms with Crippen molar-refractivity contribution in [1.82, 2.24) is 9.29 Å². The molecule has 1 atom stereocenters. The fourth-order valence-electron chi connectivity index (χ4n) is 3.24. The Labute approximate surface area is 190 Å². The summed E-state index contributed by atoms with van der Waals surface area (Å²) in [7, 11) is -3.68. The van der Waals surface area contributed by atoms with Crippen LogP contribution >= 0.6 is 22.9 Å². The number of nitrogens with one attached hydrogen (secondary N) is 1. The van der Waals surface area contributed by atoms with Gasteiger partial charge < -0.3 is 10.1 Å². The number of hydrogen-bond donors (Lipinski definition) is 1. The maximum absolute atomic E-state index is 12.9. The molecule has 0 bridgehead atoms. The van der Waals surface area contributed by atoms with E-state index in [1.54, 1.807) is 13.8 Å². The molecule has 11 heteroatoms. The average Bonchev–Trinajstić information content (AvgIpc) is 3.08. The van der Waals surface area contributed by atoms with Crippen LogP contribution in [0.15, 0.2) is 23.1 Å². The molecule has 1 aromatic heterocycles. The lowest BCUT2D eigenvalue weighted by Gasteiger charge is -2.26. The summed E-state index contributed by atoms with van der Waals surface area (Å²) in [5.41, 5.74) is 0.677. The number of aromatic nitrogens is 1. The van der Waals surface area contributed by atoms with Crippen LogP contribution in [0.4, 0.5) is 5.69 Å². The number of esters is 1. The largest absolute Gasteiger partial charge is 0.448 e. The summed E-state index contributed by atoms with van der Waals surface area (Å²) < 4.78 is 32.5. The topological polar surface area (TPSA) is 106 Å². The van der Waals surface area contributed by atoms with Gasteiger partial charge in [-0.25, -0.2) is 18.2 Å². The SMILES string of the molecule is Cc1nc(C)c(C(=O)OC(C)C(=O)Nc2cc(S(=O)(=O)N3CCCCC3)ccc2Cl)s1. The predicted molar refractivity (Wildman–Crippen MR) is 119 cm³/mol. The fraction of sp³-hybridized carbons (Fsp3) is 0.450. The van der Waals surface area contributed by atoms with E-state index >= 15 is 0 Å². The van der Waals surface area contributed by atoms with Crippen molar-refractivity contribution in [2.24, 2.45) is 0 Å². The van der Waals surface area contributed by atoms with E-state index in [4.69, 9.17) is 16.3 Å². The second-order valence-electron chi connectivity index (χ2n) is 7.29. The highest BCUT2D eigenvalue weighted by atomic mass is 35.5. The summed E-state index contributed by atoms with van der Waals surface area (Å²) in [5.74, 6) is -1.26. The second kappa shape index (κ2) is 9.64. The monoisotopic (exact) mass is 485 g/mol. The molecule has 1 saturated heterocycles. The number of amides is 1. The zero-order valence-electron chi connectivity index (χ0n) is 17.5. The van der Waals surface area contributed by atoms with Gasteiger partial charge in [-0.1, -0.05) is 18.0 Å². The Bertz CT molecular complexity index is 1090. The number of anilines is 1. The summed E-state index contributed by atoms with van der Waals surface area (Å²) in [6, 6.07) is 4.17. The van der Waals surface area contributed by atoms with Gasteiger partial charge in [-0.05, 0) is 51.8 Å². The van der Waals surface area contributed by atoms with Gasteiger partial charge in [-0.2, -0.15) is 4.31 Å². The van der Waals surface area contributed by atoms with Crippen LogP contribution in [0.5, 0.6) is 0 Å². The first kappa shape index (κ1) is 23.6. The Kier molecular flexibility index (Phi) is 7.35. The number of hydrogen-bond acceptors (Lipinski definition) is 7. The van der Waals surface area contributed by atoms with Crippen LogP contribution in [0.1, 0.15) is 46.6 Å². The molecule has 8 nitrogen and oxygen atoms in total. The molecule has 3 rings (SSSR count). The van der Waals surface area contributed by atoms with E-state index in [1.165, 1.54) is 40.8 Å². The van der Waals surface area contributed by atoms with Crippen molar-refractivity contribution < 1.29 is 22.7 Å². The van der Waals surface area contributed by atoms with E-state index < -0.39 is 28.0 Å². The van der Waals surface area contributed by atoms with Crippen LogP contribution in [0, 0.1) is 13.8 Å². The first-order valence-corrected chi connectivity index (χ1v) is 12.5. The number of aryl methyl sites for hydroxylation is 2. The van der Waals surface area contributed by atoms with Gasteiger partial charge in [0.15, 0.2) is 6.10 Å². The molecule has 31 heavy (non-hydrogen) atoms. The van der Waals surface area contributed by atoms with Crippen molar-refractivity contribution in [3.05, 3.63) is 38.8 Å². The molecule has 0 spiro atoms. The van der Waals surface area contributed by atoms with Crippen molar-refractivity contribution in [3.8, 4) is 0 Å². The van der Waals surface area contributed by atoms with Gasteiger partial charge >= 0.3 is 5.97 Å². The Morgan fingerprint density at radius 3 is 2.52 bits per heavy atom. The maximum atomic E-state index is 12.9. The molecule has 168 valence electrons. The third kappa shape index (κ3) is 5.43. The third-order valence-corrected chi connectivity index (χ3v) is 8.17. The lowest BCUT2D eigenvalue weighted by molar-refractivity contribution is -0.123. The van der Waals surface area contributed by atoms with Crippen molar-refractivity contribution in [3.63, 3.8) is 0 Å². The van der Waals surface area contributed by atoms with E-state index in [2.05, 4.69) is 10.3 Å². The molecule has 2 heterocycles. The molecular formula is C20H24ClN3O5S2. The van der Waals surface area contributed by atoms with Crippen LogP contribution < -0.4 is 5.32 Å². The van der Waals surface area contributed by atoms with Gasteiger partial charge in [0, 0.05) is 13.1 Å². The Balaban J connectivity index is 1.72. The van der Waals surface area contributed by atoms with Gasteiger partial charge in [0.2, 0.25) is 10.0 Å². The minimum absolute atomic E-state index is 0.0505. The van der Waals surface area contributed by atoms with Crippen LogP contribution in [0.2, 0.25) is 5.02 Å². The van der Waals surface area contributed by atoms with Crippen molar-refractivity contribution >= 4 is 50.5 Å². The molecule has 1 aliphatic heterocycles. The van der Waals surface area contributed by atoms with E-state index in [0.29, 0.717) is 23.7 Å². The quantitative estimate of drug-likeness (QED) is 0.624. The zero-order chi connectivity index (χ0) is 22.8. The number of sulfonamides is 1. The molecule has 0 aliphatic carbocycles. The molecule has 1 fully saturated rings. The molecule has 1 amide bonds. The van der Waals surface area contributed by atoms with E-state index in [9.17, 15) is 18.0 Å². The molecule has 1 aromatic carbocycles. The first-order chi connectivity index (χ1) is 14.6. The van der Waals surface area contributed by atoms with Crippen LogP contribution in [0.25, 0.3) is 0 Å². The standard InChI is InChI=1S/C20H24ClN3O5S2/c1-12-18(30-14(3)22-12)20(26)29-13(2)19(25)23-17-11-15(7-8-16(17)21)31(27,28)24-9-5-4-6-10-24/h7-8,11,13H,4-6,9-10H2,1-3H3,(H,23,25). The van der Waals surface area contributed by atoms with Crippen molar-refractivity contribution in [2.45, 2.75) is 51.0 Å². The molecular weight excluding hydrogens is 462 g/mol. The van der Waals surface area contributed by atoms with Crippen molar-refractivity contribution in [1.29, 1.82) is 0 Å². The number of carbonyl (C=O) groups is 2. The summed E-state index contributed by atoms with van der Waals surface area (Å²) in [4.78, 5) is 29.5. The van der Waals surface area contributed by atoms with Gasteiger partial charge in [0.05, 0.1) is 26.3 Å². The van der Waals surface area contributed by atoms with Gasteiger partial charge in [-0.15, -0.1) is 11.3 Å². The predicted octanol–water partition coefficient (Wildman–Crippen LogP) is 3.77.